The highest BCUT2D eigenvalue weighted by Crippen LogP contribution is 2.21. The standard InChI is InChI=1S/C21H27N3O3S/c1-14-10-16(5-7-19(14)27-3)13-24-9-8-22-21(26)18(24)11-20(25)23-12-17-6-4-15(2)28-17/h4-7,10,18H,8-9,11-13H2,1-3H3,(H,22,26)(H,23,25). The van der Waals surface area contributed by atoms with Crippen molar-refractivity contribution < 1.29 is 14.3 Å². The van der Waals surface area contributed by atoms with Crippen molar-refractivity contribution in [3.63, 3.8) is 0 Å². The summed E-state index contributed by atoms with van der Waals surface area (Å²) in [5.41, 5.74) is 2.16. The van der Waals surface area contributed by atoms with Gasteiger partial charge < -0.3 is 15.4 Å². The van der Waals surface area contributed by atoms with E-state index in [0.29, 0.717) is 19.6 Å². The first kappa shape index (κ1) is 20.4. The first-order valence-electron chi connectivity index (χ1n) is 9.43. The molecule has 3 rings (SSSR count). The molecule has 2 aromatic rings. The highest BCUT2D eigenvalue weighted by Gasteiger charge is 2.31. The number of aryl methyl sites for hydroxylation is 2. The van der Waals surface area contributed by atoms with E-state index in [2.05, 4.69) is 21.6 Å². The van der Waals surface area contributed by atoms with Crippen LogP contribution in [-0.4, -0.2) is 43.0 Å². The highest BCUT2D eigenvalue weighted by molar-refractivity contribution is 7.11. The minimum Gasteiger partial charge on any atom is -0.496 e. The van der Waals surface area contributed by atoms with Gasteiger partial charge >= 0.3 is 0 Å². The molecule has 1 aliphatic heterocycles. The molecule has 2 amide bonds. The van der Waals surface area contributed by atoms with Crippen LogP contribution in [0.2, 0.25) is 0 Å². The number of benzene rings is 1. The zero-order chi connectivity index (χ0) is 20.1. The summed E-state index contributed by atoms with van der Waals surface area (Å²) in [4.78, 5) is 29.3. The Bertz CT molecular complexity index is 849. The fourth-order valence-corrected chi connectivity index (χ4v) is 4.29. The predicted molar refractivity (Wildman–Crippen MR) is 110 cm³/mol. The van der Waals surface area contributed by atoms with E-state index in [9.17, 15) is 9.59 Å². The molecule has 150 valence electrons. The van der Waals surface area contributed by atoms with Gasteiger partial charge in [-0.3, -0.25) is 14.5 Å². The average Bonchev–Trinajstić information content (AvgIpc) is 3.08. The van der Waals surface area contributed by atoms with Gasteiger partial charge in [0.05, 0.1) is 26.1 Å². The second-order valence-corrected chi connectivity index (χ2v) is 8.45. The number of nitrogens with zero attached hydrogens (tertiary/aromatic N) is 1. The fourth-order valence-electron chi connectivity index (χ4n) is 3.46. The fraction of sp³-hybridized carbons (Fsp3) is 0.429. The molecule has 0 spiro atoms. The Morgan fingerprint density at radius 1 is 1.32 bits per heavy atom. The molecule has 7 heteroatoms. The normalized spacial score (nSPS) is 17.2. The third kappa shape index (κ3) is 5.11. The van der Waals surface area contributed by atoms with Crippen molar-refractivity contribution in [3.05, 3.63) is 51.2 Å². The van der Waals surface area contributed by atoms with Crippen LogP contribution in [0.3, 0.4) is 0 Å². The third-order valence-corrected chi connectivity index (χ3v) is 5.92. The molecule has 6 nitrogen and oxygen atoms in total. The van der Waals surface area contributed by atoms with Gasteiger partial charge in [-0.05, 0) is 43.2 Å². The lowest BCUT2D eigenvalue weighted by molar-refractivity contribution is -0.134. The number of ether oxygens (including phenoxy) is 1. The van der Waals surface area contributed by atoms with Crippen LogP contribution in [0.15, 0.2) is 30.3 Å². The van der Waals surface area contributed by atoms with E-state index in [4.69, 9.17) is 4.74 Å². The smallest absolute Gasteiger partial charge is 0.237 e. The number of methoxy groups -OCH3 is 1. The van der Waals surface area contributed by atoms with Crippen molar-refractivity contribution in [2.75, 3.05) is 20.2 Å². The number of carbonyl (C=O) groups is 2. The first-order chi connectivity index (χ1) is 13.5. The summed E-state index contributed by atoms with van der Waals surface area (Å²) in [5.74, 6) is 0.655. The zero-order valence-corrected chi connectivity index (χ0v) is 17.4. The number of carbonyl (C=O) groups excluding carboxylic acids is 2. The molecule has 0 aliphatic carbocycles. The number of amides is 2. The molecule has 1 saturated heterocycles. The van der Waals surface area contributed by atoms with E-state index in [1.165, 1.54) is 4.88 Å². The first-order valence-corrected chi connectivity index (χ1v) is 10.2. The summed E-state index contributed by atoms with van der Waals surface area (Å²) >= 11 is 1.67. The molecule has 0 radical (unpaired) electrons. The number of hydrogen-bond acceptors (Lipinski definition) is 5. The Balaban J connectivity index is 1.62. The van der Waals surface area contributed by atoms with Crippen LogP contribution in [0.5, 0.6) is 5.75 Å². The summed E-state index contributed by atoms with van der Waals surface area (Å²) in [6.07, 6.45) is 0.158. The number of piperazine rings is 1. The lowest BCUT2D eigenvalue weighted by Gasteiger charge is -2.34. The van der Waals surface area contributed by atoms with Gasteiger partial charge in [-0.1, -0.05) is 12.1 Å². The molecular weight excluding hydrogens is 374 g/mol. The summed E-state index contributed by atoms with van der Waals surface area (Å²) in [6, 6.07) is 9.63. The largest absolute Gasteiger partial charge is 0.496 e. The second kappa shape index (κ2) is 9.21. The van der Waals surface area contributed by atoms with Crippen molar-refractivity contribution in [1.29, 1.82) is 0 Å². The molecule has 0 bridgehead atoms. The molecule has 1 fully saturated rings. The molecule has 1 atom stereocenters. The maximum Gasteiger partial charge on any atom is 0.237 e. The lowest BCUT2D eigenvalue weighted by atomic mass is 10.1. The Labute approximate surface area is 169 Å². The number of rotatable bonds is 7. The molecule has 1 aromatic heterocycles. The van der Waals surface area contributed by atoms with E-state index in [0.717, 1.165) is 28.3 Å². The van der Waals surface area contributed by atoms with Crippen LogP contribution in [0, 0.1) is 13.8 Å². The predicted octanol–water partition coefficient (Wildman–Crippen LogP) is 2.38. The number of hydrogen-bond donors (Lipinski definition) is 2. The van der Waals surface area contributed by atoms with Gasteiger partial charge in [-0.25, -0.2) is 0 Å². The Kier molecular flexibility index (Phi) is 6.70. The van der Waals surface area contributed by atoms with Crippen LogP contribution in [0.4, 0.5) is 0 Å². The second-order valence-electron chi connectivity index (χ2n) is 7.07. The van der Waals surface area contributed by atoms with E-state index in [1.54, 1.807) is 18.4 Å². The van der Waals surface area contributed by atoms with Crippen LogP contribution in [0.25, 0.3) is 0 Å². The number of thiophene rings is 1. The maximum atomic E-state index is 12.4. The van der Waals surface area contributed by atoms with Gasteiger partial charge in [0.2, 0.25) is 11.8 Å². The highest BCUT2D eigenvalue weighted by atomic mass is 32.1. The summed E-state index contributed by atoms with van der Waals surface area (Å²) in [6.45, 7) is 6.49. The quantitative estimate of drug-likeness (QED) is 0.747. The summed E-state index contributed by atoms with van der Waals surface area (Å²) in [7, 11) is 1.66. The van der Waals surface area contributed by atoms with Gasteiger partial charge in [0, 0.05) is 29.4 Å². The summed E-state index contributed by atoms with van der Waals surface area (Å²) < 4.78 is 5.32. The van der Waals surface area contributed by atoms with Crippen LogP contribution >= 0.6 is 11.3 Å². The Morgan fingerprint density at radius 2 is 2.14 bits per heavy atom. The zero-order valence-electron chi connectivity index (χ0n) is 16.6. The van der Waals surface area contributed by atoms with Crippen molar-refractivity contribution in [3.8, 4) is 5.75 Å². The van der Waals surface area contributed by atoms with Crippen LogP contribution in [-0.2, 0) is 22.7 Å². The lowest BCUT2D eigenvalue weighted by Crippen LogP contribution is -2.56. The minimum absolute atomic E-state index is 0.0846. The van der Waals surface area contributed by atoms with Gasteiger partial charge in [0.1, 0.15) is 5.75 Å². The van der Waals surface area contributed by atoms with E-state index < -0.39 is 6.04 Å². The molecule has 1 aromatic carbocycles. The molecule has 0 saturated carbocycles. The maximum absolute atomic E-state index is 12.4. The molecule has 1 unspecified atom stereocenters. The molecular formula is C21H27N3O3S. The van der Waals surface area contributed by atoms with E-state index >= 15 is 0 Å². The van der Waals surface area contributed by atoms with Crippen LogP contribution < -0.4 is 15.4 Å². The van der Waals surface area contributed by atoms with Crippen LogP contribution in [0.1, 0.15) is 27.3 Å². The van der Waals surface area contributed by atoms with Crippen molar-refractivity contribution >= 4 is 23.2 Å². The van der Waals surface area contributed by atoms with Gasteiger partial charge in [-0.15, -0.1) is 11.3 Å². The van der Waals surface area contributed by atoms with E-state index in [-0.39, 0.29) is 18.2 Å². The molecule has 28 heavy (non-hydrogen) atoms. The summed E-state index contributed by atoms with van der Waals surface area (Å²) in [5, 5.41) is 5.82. The Hall–Kier alpha value is -2.38. The number of nitrogens with one attached hydrogen (secondary N) is 2. The average molecular weight is 402 g/mol. The van der Waals surface area contributed by atoms with Crippen molar-refractivity contribution in [1.82, 2.24) is 15.5 Å². The topological polar surface area (TPSA) is 70.7 Å². The van der Waals surface area contributed by atoms with Gasteiger partial charge in [0.25, 0.3) is 0 Å². The molecule has 2 N–H and O–H groups in total. The minimum atomic E-state index is -0.457. The van der Waals surface area contributed by atoms with Gasteiger partial charge in [-0.2, -0.15) is 0 Å². The third-order valence-electron chi connectivity index (χ3n) is 4.92. The van der Waals surface area contributed by atoms with E-state index in [1.807, 2.05) is 38.1 Å². The van der Waals surface area contributed by atoms with Crippen molar-refractivity contribution in [2.45, 2.75) is 39.4 Å². The van der Waals surface area contributed by atoms with Crippen molar-refractivity contribution in [2.24, 2.45) is 0 Å². The monoisotopic (exact) mass is 401 g/mol. The van der Waals surface area contributed by atoms with Gasteiger partial charge in [0.15, 0.2) is 0 Å². The Morgan fingerprint density at radius 3 is 2.82 bits per heavy atom. The molecule has 2 heterocycles. The SMILES string of the molecule is COc1ccc(CN2CCNC(=O)C2CC(=O)NCc2ccc(C)s2)cc1C. The molecule has 1 aliphatic rings.